The quantitative estimate of drug-likeness (QED) is 0.711. The standard InChI is InChI=1S/C16H24O4/c1-12(2)9-14-5-3-13(4-6-14)7-8-16(19)20-11-15(18)10-17/h3-6,12,15,17-18H,7-11H2,1-2H3. The van der Waals surface area contributed by atoms with Gasteiger partial charge in [0.1, 0.15) is 12.7 Å². The summed E-state index contributed by atoms with van der Waals surface area (Å²) in [7, 11) is 0. The molecule has 0 saturated carbocycles. The maximum absolute atomic E-state index is 11.4. The van der Waals surface area contributed by atoms with Crippen LogP contribution in [0.4, 0.5) is 0 Å². The Bertz CT molecular complexity index is 397. The fourth-order valence-electron chi connectivity index (χ4n) is 1.87. The molecule has 0 aliphatic rings. The molecule has 0 radical (unpaired) electrons. The van der Waals surface area contributed by atoms with Crippen molar-refractivity contribution in [3.05, 3.63) is 35.4 Å². The number of aryl methyl sites for hydroxylation is 1. The van der Waals surface area contributed by atoms with Crippen molar-refractivity contribution >= 4 is 5.97 Å². The first kappa shape index (κ1) is 16.7. The van der Waals surface area contributed by atoms with Crippen LogP contribution in [0.5, 0.6) is 0 Å². The highest BCUT2D eigenvalue weighted by Crippen LogP contribution is 2.11. The number of hydrogen-bond donors (Lipinski definition) is 2. The number of carbonyl (C=O) groups excluding carboxylic acids is 1. The number of benzene rings is 1. The van der Waals surface area contributed by atoms with E-state index in [0.29, 0.717) is 12.3 Å². The van der Waals surface area contributed by atoms with E-state index in [0.717, 1.165) is 12.0 Å². The number of esters is 1. The van der Waals surface area contributed by atoms with Crippen LogP contribution in [0.3, 0.4) is 0 Å². The van der Waals surface area contributed by atoms with Crippen LogP contribution in [0.2, 0.25) is 0 Å². The lowest BCUT2D eigenvalue weighted by Crippen LogP contribution is -2.22. The van der Waals surface area contributed by atoms with Crippen molar-refractivity contribution in [1.29, 1.82) is 0 Å². The van der Waals surface area contributed by atoms with Crippen LogP contribution < -0.4 is 0 Å². The minimum absolute atomic E-state index is 0.150. The van der Waals surface area contributed by atoms with Crippen LogP contribution in [-0.2, 0) is 22.4 Å². The lowest BCUT2D eigenvalue weighted by atomic mass is 10.0. The summed E-state index contributed by atoms with van der Waals surface area (Å²) in [6, 6.07) is 8.26. The smallest absolute Gasteiger partial charge is 0.306 e. The fraction of sp³-hybridized carbons (Fsp3) is 0.562. The maximum atomic E-state index is 11.4. The molecule has 0 bridgehead atoms. The van der Waals surface area contributed by atoms with Gasteiger partial charge in [0.25, 0.3) is 0 Å². The molecule has 1 aromatic rings. The summed E-state index contributed by atoms with van der Waals surface area (Å²) in [6.07, 6.45) is 0.966. The summed E-state index contributed by atoms with van der Waals surface area (Å²) < 4.78 is 4.84. The van der Waals surface area contributed by atoms with Gasteiger partial charge in [-0.15, -0.1) is 0 Å². The lowest BCUT2D eigenvalue weighted by molar-refractivity contribution is -0.147. The molecule has 1 rings (SSSR count). The largest absolute Gasteiger partial charge is 0.463 e. The summed E-state index contributed by atoms with van der Waals surface area (Å²) in [5.74, 6) is 0.275. The van der Waals surface area contributed by atoms with E-state index in [1.807, 2.05) is 12.1 Å². The Morgan fingerprint density at radius 2 is 1.80 bits per heavy atom. The number of ether oxygens (including phenoxy) is 1. The van der Waals surface area contributed by atoms with Gasteiger partial charge in [-0.1, -0.05) is 38.1 Å². The van der Waals surface area contributed by atoms with Crippen molar-refractivity contribution in [2.24, 2.45) is 5.92 Å². The van der Waals surface area contributed by atoms with Crippen molar-refractivity contribution in [2.45, 2.75) is 39.2 Å². The highest BCUT2D eigenvalue weighted by atomic mass is 16.5. The van der Waals surface area contributed by atoms with E-state index >= 15 is 0 Å². The molecule has 2 N–H and O–H groups in total. The summed E-state index contributed by atoms with van der Waals surface area (Å²) in [5, 5.41) is 17.7. The number of rotatable bonds is 8. The molecule has 0 aliphatic heterocycles. The van der Waals surface area contributed by atoms with Gasteiger partial charge in [0.05, 0.1) is 6.61 Å². The van der Waals surface area contributed by atoms with Crippen LogP contribution in [0, 0.1) is 5.92 Å². The molecule has 1 atom stereocenters. The Kier molecular flexibility index (Phi) is 7.26. The predicted molar refractivity (Wildman–Crippen MR) is 77.4 cm³/mol. The molecule has 0 aromatic heterocycles. The topological polar surface area (TPSA) is 66.8 Å². The Hall–Kier alpha value is -1.39. The van der Waals surface area contributed by atoms with Gasteiger partial charge in [-0.05, 0) is 29.9 Å². The third-order valence-corrected chi connectivity index (χ3v) is 2.93. The van der Waals surface area contributed by atoms with Crippen LogP contribution in [0.25, 0.3) is 0 Å². The van der Waals surface area contributed by atoms with E-state index in [1.54, 1.807) is 0 Å². The average molecular weight is 280 g/mol. The van der Waals surface area contributed by atoms with Gasteiger partial charge in [0.2, 0.25) is 0 Å². The van der Waals surface area contributed by atoms with Crippen LogP contribution in [0.15, 0.2) is 24.3 Å². The first-order valence-corrected chi connectivity index (χ1v) is 7.03. The normalized spacial score (nSPS) is 12.4. The van der Waals surface area contributed by atoms with Crippen molar-refractivity contribution in [2.75, 3.05) is 13.2 Å². The Morgan fingerprint density at radius 1 is 1.20 bits per heavy atom. The Balaban J connectivity index is 2.32. The number of hydrogen-bond acceptors (Lipinski definition) is 4. The molecule has 0 amide bonds. The van der Waals surface area contributed by atoms with Crippen molar-refractivity contribution in [3.8, 4) is 0 Å². The van der Waals surface area contributed by atoms with E-state index in [1.165, 1.54) is 5.56 Å². The molecule has 0 fully saturated rings. The second-order valence-electron chi connectivity index (χ2n) is 5.43. The first-order chi connectivity index (χ1) is 9.51. The molecule has 1 aromatic carbocycles. The Labute approximate surface area is 120 Å². The minimum atomic E-state index is -0.991. The monoisotopic (exact) mass is 280 g/mol. The molecule has 4 heteroatoms. The lowest BCUT2D eigenvalue weighted by Gasteiger charge is -2.09. The molecule has 4 nitrogen and oxygen atoms in total. The van der Waals surface area contributed by atoms with Gasteiger partial charge >= 0.3 is 5.97 Å². The van der Waals surface area contributed by atoms with Crippen LogP contribution in [-0.4, -0.2) is 35.5 Å². The Morgan fingerprint density at radius 3 is 2.35 bits per heavy atom. The van der Waals surface area contributed by atoms with Gasteiger partial charge in [-0.3, -0.25) is 4.79 Å². The van der Waals surface area contributed by atoms with E-state index in [2.05, 4.69) is 26.0 Å². The van der Waals surface area contributed by atoms with Gasteiger partial charge in [-0.2, -0.15) is 0 Å². The van der Waals surface area contributed by atoms with Gasteiger partial charge < -0.3 is 14.9 Å². The minimum Gasteiger partial charge on any atom is -0.463 e. The number of aliphatic hydroxyl groups excluding tert-OH is 2. The predicted octanol–water partition coefficient (Wildman–Crippen LogP) is 1.71. The molecule has 0 heterocycles. The van der Waals surface area contributed by atoms with E-state index in [4.69, 9.17) is 14.9 Å². The maximum Gasteiger partial charge on any atom is 0.306 e. The van der Waals surface area contributed by atoms with E-state index in [-0.39, 0.29) is 19.0 Å². The molecule has 1 unspecified atom stereocenters. The highest BCUT2D eigenvalue weighted by molar-refractivity contribution is 5.69. The summed E-state index contributed by atoms with van der Waals surface area (Å²) >= 11 is 0. The molecule has 112 valence electrons. The first-order valence-electron chi connectivity index (χ1n) is 7.03. The molecule has 0 aliphatic carbocycles. The third kappa shape index (κ3) is 6.68. The van der Waals surface area contributed by atoms with Crippen molar-refractivity contribution in [3.63, 3.8) is 0 Å². The molecule has 20 heavy (non-hydrogen) atoms. The molecule has 0 saturated heterocycles. The van der Waals surface area contributed by atoms with E-state index < -0.39 is 12.7 Å². The molecular formula is C16H24O4. The van der Waals surface area contributed by atoms with Gasteiger partial charge in [0.15, 0.2) is 0 Å². The number of carbonyl (C=O) groups is 1. The summed E-state index contributed by atoms with van der Waals surface area (Å²) in [4.78, 5) is 11.4. The average Bonchev–Trinajstić information content (AvgIpc) is 2.43. The van der Waals surface area contributed by atoms with Gasteiger partial charge in [-0.25, -0.2) is 0 Å². The third-order valence-electron chi connectivity index (χ3n) is 2.93. The number of aliphatic hydroxyl groups is 2. The zero-order chi connectivity index (χ0) is 15.0. The van der Waals surface area contributed by atoms with Gasteiger partial charge in [0, 0.05) is 6.42 Å². The fourth-order valence-corrected chi connectivity index (χ4v) is 1.87. The molecule has 0 spiro atoms. The summed E-state index contributed by atoms with van der Waals surface area (Å²) in [5.41, 5.74) is 2.40. The molecular weight excluding hydrogens is 256 g/mol. The zero-order valence-electron chi connectivity index (χ0n) is 12.2. The van der Waals surface area contributed by atoms with E-state index in [9.17, 15) is 4.79 Å². The van der Waals surface area contributed by atoms with Crippen molar-refractivity contribution in [1.82, 2.24) is 0 Å². The van der Waals surface area contributed by atoms with Crippen LogP contribution >= 0.6 is 0 Å². The second kappa shape index (κ2) is 8.72. The SMILES string of the molecule is CC(C)Cc1ccc(CCC(=O)OCC(O)CO)cc1. The van der Waals surface area contributed by atoms with Crippen molar-refractivity contribution < 1.29 is 19.7 Å². The second-order valence-corrected chi connectivity index (χ2v) is 5.43. The van der Waals surface area contributed by atoms with Crippen LogP contribution in [0.1, 0.15) is 31.4 Å². The summed E-state index contributed by atoms with van der Waals surface area (Å²) in [6.45, 7) is 3.82. The zero-order valence-corrected chi connectivity index (χ0v) is 12.2. The highest BCUT2D eigenvalue weighted by Gasteiger charge is 2.08.